The van der Waals surface area contributed by atoms with Crippen LogP contribution in [0.3, 0.4) is 0 Å². The highest BCUT2D eigenvalue weighted by Gasteiger charge is 2.43. The molecule has 0 radical (unpaired) electrons. The molecule has 0 unspecified atom stereocenters. The molecule has 7 rings (SSSR count). The summed E-state index contributed by atoms with van der Waals surface area (Å²) in [5.74, 6) is -2.30. The highest BCUT2D eigenvalue weighted by Crippen LogP contribution is 2.42. The van der Waals surface area contributed by atoms with Crippen LogP contribution in [0.15, 0.2) is 54.7 Å². The van der Waals surface area contributed by atoms with Gasteiger partial charge in [-0.05, 0) is 97.2 Å². The van der Waals surface area contributed by atoms with Crippen LogP contribution in [0.2, 0.25) is 0 Å². The largest absolute Gasteiger partial charge is 0.508 e. The predicted molar refractivity (Wildman–Crippen MR) is 250 cm³/mol. The number of nitrogens with one attached hydrogen (secondary N) is 2. The number of rotatable bonds is 9. The van der Waals surface area contributed by atoms with E-state index < -0.39 is 41.4 Å². The van der Waals surface area contributed by atoms with Crippen LogP contribution < -0.4 is 10.7 Å². The highest BCUT2D eigenvalue weighted by atomic mass is 16.8. The SMILES string of the molecule is CCn1c(-c2cccnc2[C@H](C)OC)c2c3cc(ccc31)-c1cc(O)cc(c1)C[C@H](NC(=O)[C@H](C(C)C)N(C)C(=O)[C@@H]1CN(C(C)=O)C[C@@H]1C)C(=O)N1CCC[C@H](N1)[N+](=O)OCC(C)(C)C2. The smallest absolute Gasteiger partial charge is 0.326 e. The maximum Gasteiger partial charge on any atom is 0.326 e. The highest BCUT2D eigenvalue weighted by molar-refractivity contribution is 5.96. The van der Waals surface area contributed by atoms with E-state index in [-0.39, 0.29) is 61.6 Å². The fourth-order valence-electron chi connectivity index (χ4n) is 10.1. The minimum Gasteiger partial charge on any atom is -0.508 e. The molecule has 6 bridgehead atoms. The van der Waals surface area contributed by atoms with Crippen molar-refractivity contribution in [1.82, 2.24) is 35.1 Å². The Bertz CT molecular complexity index is 2500. The lowest BCUT2D eigenvalue weighted by atomic mass is 9.84. The molecule has 354 valence electrons. The topological polar surface area (TPSA) is 179 Å². The molecule has 4 amide bonds. The van der Waals surface area contributed by atoms with Crippen molar-refractivity contribution in [2.75, 3.05) is 40.4 Å². The van der Waals surface area contributed by atoms with E-state index in [2.05, 4.69) is 54.3 Å². The van der Waals surface area contributed by atoms with Gasteiger partial charge in [-0.25, -0.2) is 4.84 Å². The van der Waals surface area contributed by atoms with Gasteiger partial charge in [-0.1, -0.05) is 46.8 Å². The molecular weight excluding hydrogens is 841 g/mol. The van der Waals surface area contributed by atoms with Crippen molar-refractivity contribution in [2.45, 2.75) is 112 Å². The van der Waals surface area contributed by atoms with Gasteiger partial charge in [0.05, 0.1) is 28.3 Å². The van der Waals surface area contributed by atoms with Crippen molar-refractivity contribution in [3.05, 3.63) is 76.5 Å². The van der Waals surface area contributed by atoms with Gasteiger partial charge >= 0.3 is 6.17 Å². The summed E-state index contributed by atoms with van der Waals surface area (Å²) in [5.41, 5.74) is 9.46. The molecule has 2 saturated heterocycles. The lowest BCUT2D eigenvalue weighted by Gasteiger charge is -2.35. The van der Waals surface area contributed by atoms with Crippen molar-refractivity contribution < 1.29 is 38.8 Å². The first-order chi connectivity index (χ1) is 31.3. The summed E-state index contributed by atoms with van der Waals surface area (Å²) in [6, 6.07) is 13.3. The van der Waals surface area contributed by atoms with E-state index >= 15 is 0 Å². The number of pyridine rings is 1. The Morgan fingerprint density at radius 2 is 1.86 bits per heavy atom. The Morgan fingerprint density at radius 1 is 1.11 bits per heavy atom. The average Bonchev–Trinajstić information content (AvgIpc) is 3.83. The van der Waals surface area contributed by atoms with Crippen molar-refractivity contribution in [1.29, 1.82) is 0 Å². The number of nitrogens with zero attached hydrogens (tertiary/aromatic N) is 6. The number of hydrogen-bond donors (Lipinski definition) is 3. The van der Waals surface area contributed by atoms with Crippen LogP contribution in [0, 0.1) is 28.1 Å². The van der Waals surface area contributed by atoms with Crippen LogP contribution in [0.1, 0.15) is 91.2 Å². The number of hydrazine groups is 1. The standard InChI is InChI=1S/C50H66N8O8/c1-11-56-42-17-16-34-24-38(42)39(46(56)37-14-12-18-51-44(37)31(5)65-10)25-50(7,8)28-66-58(64)43-15-13-19-57(53-43)49(63)41(22-33-20-35(34)23-36(60)21-33)52-47(61)45(29(2)3)54(9)48(62)40-27-55(32(6)59)26-30(40)4/h12,14,16-18,20-21,23-24,29-31,40-41,43,45,53H,11,13,15,19,22,25-28H2,1-10H3,(H-,52,60,61)/p+1/t30-,31-,40+,41-,43+,45-/m0/s1. The summed E-state index contributed by atoms with van der Waals surface area (Å²) in [4.78, 5) is 83.8. The van der Waals surface area contributed by atoms with Crippen molar-refractivity contribution in [3.63, 3.8) is 0 Å². The molecule has 6 atom stereocenters. The van der Waals surface area contributed by atoms with Gasteiger partial charge in [0.2, 0.25) is 22.6 Å². The van der Waals surface area contributed by atoms with E-state index in [0.717, 1.165) is 39.0 Å². The minimum atomic E-state index is -1.17. The lowest BCUT2D eigenvalue weighted by Crippen LogP contribution is -2.62. The molecule has 3 aliphatic rings. The third-order valence-corrected chi connectivity index (χ3v) is 13.6. The number of carbonyl (C=O) groups is 4. The van der Waals surface area contributed by atoms with Crippen LogP contribution in [0.5, 0.6) is 5.75 Å². The molecule has 3 aliphatic heterocycles. The van der Waals surface area contributed by atoms with Crippen LogP contribution in [-0.4, -0.2) is 117 Å². The van der Waals surface area contributed by atoms with Gasteiger partial charge < -0.3 is 29.5 Å². The monoisotopic (exact) mass is 908 g/mol. The van der Waals surface area contributed by atoms with Crippen molar-refractivity contribution in [2.24, 2.45) is 23.2 Å². The van der Waals surface area contributed by atoms with Crippen LogP contribution in [0.25, 0.3) is 33.3 Å². The van der Waals surface area contributed by atoms with Gasteiger partial charge in [0.25, 0.3) is 5.91 Å². The van der Waals surface area contributed by atoms with Crippen LogP contribution in [-0.2, 0) is 48.1 Å². The Morgan fingerprint density at radius 3 is 2.55 bits per heavy atom. The number of likely N-dealkylation sites (tertiary alicyclic amines) is 1. The number of phenols is 1. The van der Waals surface area contributed by atoms with Crippen LogP contribution >= 0.6 is 0 Å². The van der Waals surface area contributed by atoms with Gasteiger partial charge in [-0.2, -0.15) is 5.43 Å². The number of aryl methyl sites for hydroxylation is 1. The molecular formula is C50H67N8O8+. The number of hydrogen-bond acceptors (Lipinski definition) is 10. The zero-order chi connectivity index (χ0) is 47.8. The number of methoxy groups -OCH3 is 1. The minimum absolute atomic E-state index is 0.0118. The van der Waals surface area contributed by atoms with Crippen molar-refractivity contribution >= 4 is 34.5 Å². The summed E-state index contributed by atoms with van der Waals surface area (Å²) in [7, 11) is 3.27. The normalized spacial score (nSPS) is 22.2. The van der Waals surface area contributed by atoms with Gasteiger partial charge in [0.1, 0.15) is 17.8 Å². The van der Waals surface area contributed by atoms with E-state index in [1.807, 2.05) is 45.9 Å². The average molecular weight is 908 g/mol. The molecule has 0 aliphatic carbocycles. The maximum absolute atomic E-state index is 14.7. The van der Waals surface area contributed by atoms with E-state index in [1.165, 1.54) is 16.8 Å². The molecule has 2 fully saturated rings. The number of likely N-dealkylation sites (N-methyl/N-ethyl adjacent to an activating group) is 1. The molecule has 2 aromatic carbocycles. The van der Waals surface area contributed by atoms with Gasteiger partial charge in [-0.15, -0.1) is 0 Å². The van der Waals surface area contributed by atoms with Gasteiger partial charge in [0.15, 0.2) is 6.61 Å². The molecule has 66 heavy (non-hydrogen) atoms. The molecule has 4 aromatic rings. The van der Waals surface area contributed by atoms with Gasteiger partial charge in [-0.3, -0.25) is 29.2 Å². The Labute approximate surface area is 387 Å². The Hall–Kier alpha value is -5.87. The first kappa shape index (κ1) is 48.1. The fraction of sp³-hybridized carbons (Fsp3) is 0.540. The molecule has 0 spiro atoms. The molecule has 0 saturated carbocycles. The Balaban J connectivity index is 1.32. The lowest BCUT2D eigenvalue weighted by molar-refractivity contribution is -0.835. The van der Waals surface area contributed by atoms with E-state index in [1.54, 1.807) is 37.4 Å². The number of carbonyl (C=O) groups excluding carboxylic acids is 4. The summed E-state index contributed by atoms with van der Waals surface area (Å²) < 4.78 is 8.09. The first-order valence-electron chi connectivity index (χ1n) is 23.3. The second-order valence-corrected chi connectivity index (χ2v) is 19.6. The Kier molecular flexibility index (Phi) is 14.2. The van der Waals surface area contributed by atoms with Gasteiger partial charge in [0, 0.05) is 88.2 Å². The molecule has 16 nitrogen and oxygen atoms in total. The zero-order valence-corrected chi connectivity index (χ0v) is 40.1. The molecule has 5 heterocycles. The second-order valence-electron chi connectivity index (χ2n) is 19.6. The summed E-state index contributed by atoms with van der Waals surface area (Å²) in [6.45, 7) is 17.0. The quantitative estimate of drug-likeness (QED) is 0.176. The number of fused-ring (bicyclic) bond motifs is 6. The van der Waals surface area contributed by atoms with Crippen LogP contribution in [0.4, 0.5) is 0 Å². The third kappa shape index (κ3) is 9.80. The molecule has 16 heteroatoms. The van der Waals surface area contributed by atoms with Crippen molar-refractivity contribution in [3.8, 4) is 28.1 Å². The predicted octanol–water partition coefficient (Wildman–Crippen LogP) is 6.17. The van der Waals surface area contributed by atoms with E-state index in [0.29, 0.717) is 48.4 Å². The number of amides is 4. The zero-order valence-electron chi connectivity index (χ0n) is 40.1. The fourth-order valence-corrected chi connectivity index (χ4v) is 10.1. The summed E-state index contributed by atoms with van der Waals surface area (Å²) >= 11 is 0. The molecule has 3 N–H and O–H groups in total. The first-order valence-corrected chi connectivity index (χ1v) is 23.3. The number of benzene rings is 2. The summed E-state index contributed by atoms with van der Waals surface area (Å²) in [5, 5.41) is 16.7. The molecule has 2 aromatic heterocycles. The number of aromatic nitrogens is 2. The maximum atomic E-state index is 14.7. The second kappa shape index (κ2) is 19.5. The number of phenolic OH excluding ortho intramolecular Hbond substituents is 1. The summed E-state index contributed by atoms with van der Waals surface area (Å²) in [6.07, 6.45) is 2.00. The number of aromatic hydroxyl groups is 1. The number of ether oxygens (including phenoxy) is 1. The van der Waals surface area contributed by atoms with E-state index in [9.17, 15) is 29.2 Å². The third-order valence-electron chi connectivity index (χ3n) is 13.6. The van der Waals surface area contributed by atoms with E-state index in [4.69, 9.17) is 14.6 Å².